The zero-order valence-electron chi connectivity index (χ0n) is 12.7. The van der Waals surface area contributed by atoms with E-state index < -0.39 is 0 Å². The number of hydrogen-bond acceptors (Lipinski definition) is 3. The molecule has 0 radical (unpaired) electrons. The van der Waals surface area contributed by atoms with Crippen LogP contribution in [0.4, 0.5) is 0 Å². The third-order valence-corrected chi connectivity index (χ3v) is 3.49. The predicted octanol–water partition coefficient (Wildman–Crippen LogP) is 2.97. The molecule has 0 aliphatic heterocycles. The van der Waals surface area contributed by atoms with Crippen LogP contribution in [-0.2, 0) is 4.79 Å². The van der Waals surface area contributed by atoms with E-state index in [-0.39, 0.29) is 30.3 Å². The van der Waals surface area contributed by atoms with Gasteiger partial charge in [-0.25, -0.2) is 0 Å². The molecule has 1 amide bonds. The van der Waals surface area contributed by atoms with Crippen LogP contribution in [-0.4, -0.2) is 37.0 Å². The van der Waals surface area contributed by atoms with Gasteiger partial charge in [0, 0.05) is 24.7 Å². The van der Waals surface area contributed by atoms with Gasteiger partial charge in [0.15, 0.2) is 0 Å². The third kappa shape index (κ3) is 7.02. The van der Waals surface area contributed by atoms with Crippen molar-refractivity contribution in [3.63, 3.8) is 0 Å². The van der Waals surface area contributed by atoms with Crippen LogP contribution in [0.2, 0.25) is 5.02 Å². The highest BCUT2D eigenvalue weighted by molar-refractivity contribution is 6.30. The molecule has 0 spiro atoms. The summed E-state index contributed by atoms with van der Waals surface area (Å²) >= 11 is 5.87. The number of amides is 1. The number of halogens is 2. The summed E-state index contributed by atoms with van der Waals surface area (Å²) in [5.41, 5.74) is 5.73. The van der Waals surface area contributed by atoms with Gasteiger partial charge in [0.1, 0.15) is 5.75 Å². The summed E-state index contributed by atoms with van der Waals surface area (Å²) in [6.07, 6.45) is 0.764. The highest BCUT2D eigenvalue weighted by atomic mass is 35.5. The Morgan fingerprint density at radius 2 is 2.10 bits per heavy atom. The number of nitrogens with zero attached hydrogens (tertiary/aromatic N) is 1. The average molecular weight is 335 g/mol. The fourth-order valence-corrected chi connectivity index (χ4v) is 1.91. The molecule has 0 aliphatic rings. The normalized spacial score (nSPS) is 13.0. The van der Waals surface area contributed by atoms with Crippen LogP contribution in [0.25, 0.3) is 0 Å². The lowest BCUT2D eigenvalue weighted by Gasteiger charge is -2.23. The summed E-state index contributed by atoms with van der Waals surface area (Å²) in [5.74, 6) is 0.659. The first-order valence-corrected chi connectivity index (χ1v) is 7.18. The summed E-state index contributed by atoms with van der Waals surface area (Å²) < 4.78 is 5.58. The molecular formula is C15H24Cl2N2O2. The predicted molar refractivity (Wildman–Crippen MR) is 89.3 cm³/mol. The van der Waals surface area contributed by atoms with Gasteiger partial charge < -0.3 is 15.4 Å². The zero-order valence-corrected chi connectivity index (χ0v) is 14.3. The van der Waals surface area contributed by atoms with E-state index in [1.807, 2.05) is 26.0 Å². The molecule has 0 saturated heterocycles. The van der Waals surface area contributed by atoms with Gasteiger partial charge in [0.2, 0.25) is 5.91 Å². The molecule has 2 unspecified atom stereocenters. The first-order chi connectivity index (χ1) is 9.41. The highest BCUT2D eigenvalue weighted by Gasteiger charge is 2.20. The van der Waals surface area contributed by atoms with Crippen molar-refractivity contribution in [2.45, 2.75) is 26.3 Å². The van der Waals surface area contributed by atoms with Gasteiger partial charge in [-0.1, -0.05) is 24.6 Å². The molecule has 120 valence electrons. The zero-order chi connectivity index (χ0) is 15.1. The molecule has 1 aromatic carbocycles. The lowest BCUT2D eigenvalue weighted by molar-refractivity contribution is -0.134. The van der Waals surface area contributed by atoms with Gasteiger partial charge in [0.05, 0.1) is 12.5 Å². The number of ether oxygens (including phenoxy) is 1. The van der Waals surface area contributed by atoms with E-state index in [0.29, 0.717) is 18.2 Å². The van der Waals surface area contributed by atoms with Crippen LogP contribution < -0.4 is 10.5 Å². The second kappa shape index (κ2) is 9.87. The molecule has 0 aromatic heterocycles. The number of rotatable bonds is 7. The summed E-state index contributed by atoms with van der Waals surface area (Å²) in [7, 11) is 1.79. The smallest absolute Gasteiger partial charge is 0.226 e. The van der Waals surface area contributed by atoms with Crippen molar-refractivity contribution in [1.82, 2.24) is 4.90 Å². The van der Waals surface area contributed by atoms with Gasteiger partial charge >= 0.3 is 0 Å². The Balaban J connectivity index is 0.00000400. The summed E-state index contributed by atoms with van der Waals surface area (Å²) in [4.78, 5) is 13.7. The molecule has 2 N–H and O–H groups in total. The van der Waals surface area contributed by atoms with Gasteiger partial charge in [-0.15, -0.1) is 12.4 Å². The van der Waals surface area contributed by atoms with Crippen LogP contribution in [0.1, 0.15) is 20.3 Å². The average Bonchev–Trinajstić information content (AvgIpc) is 2.41. The summed E-state index contributed by atoms with van der Waals surface area (Å²) in [6, 6.07) is 7.15. The monoisotopic (exact) mass is 334 g/mol. The van der Waals surface area contributed by atoms with Gasteiger partial charge in [-0.05, 0) is 31.5 Å². The fourth-order valence-electron chi connectivity index (χ4n) is 1.73. The molecule has 0 bridgehead atoms. The second-order valence-corrected chi connectivity index (χ2v) is 5.50. The van der Waals surface area contributed by atoms with Crippen LogP contribution in [0.5, 0.6) is 5.75 Å². The quantitative estimate of drug-likeness (QED) is 0.780. The van der Waals surface area contributed by atoms with Gasteiger partial charge in [-0.3, -0.25) is 4.79 Å². The largest absolute Gasteiger partial charge is 0.493 e. The lowest BCUT2D eigenvalue weighted by atomic mass is 10.0. The Kier molecular flexibility index (Phi) is 9.42. The molecule has 1 rings (SSSR count). The number of nitrogens with two attached hydrogens (primary N) is 1. The topological polar surface area (TPSA) is 55.6 Å². The van der Waals surface area contributed by atoms with E-state index in [0.717, 1.165) is 12.2 Å². The number of carbonyl (C=O) groups excluding carboxylic acids is 1. The van der Waals surface area contributed by atoms with Gasteiger partial charge in [0.25, 0.3) is 0 Å². The minimum absolute atomic E-state index is 0. The van der Waals surface area contributed by atoms with Crippen LogP contribution in [0, 0.1) is 5.92 Å². The first kappa shape index (κ1) is 20.0. The number of benzene rings is 1. The van der Waals surface area contributed by atoms with Crippen molar-refractivity contribution in [2.24, 2.45) is 11.7 Å². The van der Waals surface area contributed by atoms with E-state index in [9.17, 15) is 4.79 Å². The third-order valence-electron chi connectivity index (χ3n) is 3.26. The van der Waals surface area contributed by atoms with Crippen molar-refractivity contribution in [2.75, 3.05) is 20.2 Å². The first-order valence-electron chi connectivity index (χ1n) is 6.80. The molecule has 0 heterocycles. The number of hydrogen-bond donors (Lipinski definition) is 1. The molecule has 6 heteroatoms. The van der Waals surface area contributed by atoms with Crippen LogP contribution in [0.15, 0.2) is 24.3 Å². The Morgan fingerprint density at radius 1 is 1.43 bits per heavy atom. The summed E-state index contributed by atoms with van der Waals surface area (Å²) in [5, 5.41) is 0.653. The maximum atomic E-state index is 12.0. The van der Waals surface area contributed by atoms with E-state index in [4.69, 9.17) is 22.1 Å². The Hall–Kier alpha value is -0.970. The maximum Gasteiger partial charge on any atom is 0.226 e. The molecule has 1 aromatic rings. The van der Waals surface area contributed by atoms with Gasteiger partial charge in [-0.2, -0.15) is 0 Å². The maximum absolute atomic E-state index is 12.0. The molecule has 0 saturated carbocycles. The van der Waals surface area contributed by atoms with Crippen LogP contribution >= 0.6 is 24.0 Å². The van der Waals surface area contributed by atoms with E-state index in [1.54, 1.807) is 24.1 Å². The lowest BCUT2D eigenvalue weighted by Crippen LogP contribution is -2.40. The summed E-state index contributed by atoms with van der Waals surface area (Å²) in [6.45, 7) is 4.89. The standard InChI is InChI=1S/C15H23ClN2O2.ClH/c1-11(12(2)17)15(19)18(3)8-5-9-20-14-7-4-6-13(16)10-14;/h4,6-7,10-12H,5,8-9,17H2,1-3H3;1H. The number of carbonyl (C=O) groups is 1. The molecule has 0 fully saturated rings. The molecule has 21 heavy (non-hydrogen) atoms. The van der Waals surface area contributed by atoms with Crippen molar-refractivity contribution in [3.8, 4) is 5.75 Å². The Morgan fingerprint density at radius 3 is 2.67 bits per heavy atom. The minimum atomic E-state index is -0.158. The van der Waals surface area contributed by atoms with Crippen molar-refractivity contribution in [1.29, 1.82) is 0 Å². The Bertz CT molecular complexity index is 441. The second-order valence-electron chi connectivity index (χ2n) is 5.07. The fraction of sp³-hybridized carbons (Fsp3) is 0.533. The van der Waals surface area contributed by atoms with E-state index in [2.05, 4.69) is 0 Å². The molecule has 0 aliphatic carbocycles. The van der Waals surface area contributed by atoms with Crippen molar-refractivity contribution in [3.05, 3.63) is 29.3 Å². The molecule has 4 nitrogen and oxygen atoms in total. The van der Waals surface area contributed by atoms with E-state index >= 15 is 0 Å². The minimum Gasteiger partial charge on any atom is -0.493 e. The Labute approximate surface area is 138 Å². The van der Waals surface area contributed by atoms with Crippen molar-refractivity contribution >= 4 is 29.9 Å². The molecule has 2 atom stereocenters. The van der Waals surface area contributed by atoms with Crippen LogP contribution in [0.3, 0.4) is 0 Å². The molecular weight excluding hydrogens is 311 g/mol. The SMILES string of the molecule is CC(N)C(C)C(=O)N(C)CCCOc1cccc(Cl)c1.Cl. The van der Waals surface area contributed by atoms with Crippen molar-refractivity contribution < 1.29 is 9.53 Å². The highest BCUT2D eigenvalue weighted by Crippen LogP contribution is 2.17. The van der Waals surface area contributed by atoms with E-state index in [1.165, 1.54) is 0 Å².